The normalized spacial score (nSPS) is 20.9. The molecule has 1 aliphatic rings. The van der Waals surface area contributed by atoms with Crippen LogP contribution in [0.15, 0.2) is 12.7 Å². The molecule has 0 aromatic carbocycles. The van der Waals surface area contributed by atoms with Crippen molar-refractivity contribution < 1.29 is 19.5 Å². The second-order valence-electron chi connectivity index (χ2n) is 3.54. The Labute approximate surface area is 89.2 Å². The van der Waals surface area contributed by atoms with Gasteiger partial charge in [-0.15, -0.1) is 6.58 Å². The summed E-state index contributed by atoms with van der Waals surface area (Å²) in [7, 11) is 1.28. The molecule has 0 unspecified atom stereocenters. The van der Waals surface area contributed by atoms with Gasteiger partial charge in [0, 0.05) is 25.9 Å². The molecule has 0 radical (unpaired) electrons. The van der Waals surface area contributed by atoms with Gasteiger partial charge in [0.2, 0.25) is 0 Å². The highest BCUT2D eigenvalue weighted by Gasteiger charge is 2.40. The maximum absolute atomic E-state index is 11.3. The number of aliphatic hydroxyl groups is 1. The van der Waals surface area contributed by atoms with Crippen LogP contribution in [-0.4, -0.2) is 48.5 Å². The van der Waals surface area contributed by atoms with E-state index in [1.165, 1.54) is 7.11 Å². The van der Waals surface area contributed by atoms with Gasteiger partial charge in [-0.1, -0.05) is 6.08 Å². The zero-order valence-electron chi connectivity index (χ0n) is 8.94. The summed E-state index contributed by atoms with van der Waals surface area (Å²) in [4.78, 5) is 16.6. The summed E-state index contributed by atoms with van der Waals surface area (Å²) < 4.78 is 4.54. The van der Waals surface area contributed by atoms with Crippen molar-refractivity contribution in [1.29, 1.82) is 0 Å². The molecular formula is C10H17NO4. The number of hydroxylamine groups is 2. The van der Waals surface area contributed by atoms with Crippen LogP contribution in [0.4, 0.5) is 0 Å². The zero-order chi connectivity index (χ0) is 11.3. The van der Waals surface area contributed by atoms with Crippen LogP contribution in [0.3, 0.4) is 0 Å². The molecule has 5 nitrogen and oxygen atoms in total. The standard InChI is InChI=1S/C10H17NO4/c1-3-8-15-11-6-4-10(13,5-7-11)9(12)14-2/h3,13H,1,4-8H2,2H3. The van der Waals surface area contributed by atoms with Gasteiger partial charge in [0.15, 0.2) is 5.60 Å². The van der Waals surface area contributed by atoms with Gasteiger partial charge in [-0.2, -0.15) is 5.06 Å². The molecule has 0 bridgehead atoms. The fraction of sp³-hybridized carbons (Fsp3) is 0.700. The number of piperidine rings is 1. The Morgan fingerprint density at radius 1 is 1.60 bits per heavy atom. The van der Waals surface area contributed by atoms with Gasteiger partial charge in [-0.25, -0.2) is 4.79 Å². The lowest BCUT2D eigenvalue weighted by molar-refractivity contribution is -0.199. The third-order valence-electron chi connectivity index (χ3n) is 2.49. The lowest BCUT2D eigenvalue weighted by atomic mass is 9.92. The van der Waals surface area contributed by atoms with E-state index in [2.05, 4.69) is 11.3 Å². The molecule has 0 spiro atoms. The molecule has 0 saturated carbocycles. The lowest BCUT2D eigenvalue weighted by Gasteiger charge is -2.35. The van der Waals surface area contributed by atoms with E-state index in [4.69, 9.17) is 4.84 Å². The smallest absolute Gasteiger partial charge is 0.337 e. The SMILES string of the molecule is C=CCON1CCC(O)(C(=O)OC)CC1. The van der Waals surface area contributed by atoms with Gasteiger partial charge in [0.05, 0.1) is 13.7 Å². The Balaban J connectivity index is 2.40. The molecule has 1 aliphatic heterocycles. The van der Waals surface area contributed by atoms with E-state index in [-0.39, 0.29) is 0 Å². The van der Waals surface area contributed by atoms with Crippen LogP contribution in [0, 0.1) is 0 Å². The molecule has 86 valence electrons. The number of esters is 1. The first-order valence-corrected chi connectivity index (χ1v) is 4.92. The van der Waals surface area contributed by atoms with E-state index < -0.39 is 11.6 Å². The summed E-state index contributed by atoms with van der Waals surface area (Å²) in [6, 6.07) is 0. The molecule has 0 aromatic heterocycles. The molecule has 1 saturated heterocycles. The number of carbonyl (C=O) groups excluding carboxylic acids is 1. The summed E-state index contributed by atoms with van der Waals surface area (Å²) in [5.41, 5.74) is -1.34. The van der Waals surface area contributed by atoms with E-state index in [1.807, 2.05) is 0 Å². The van der Waals surface area contributed by atoms with Crippen LogP contribution in [0.1, 0.15) is 12.8 Å². The van der Waals surface area contributed by atoms with Crippen LogP contribution in [0.5, 0.6) is 0 Å². The third-order valence-corrected chi connectivity index (χ3v) is 2.49. The maximum atomic E-state index is 11.3. The van der Waals surface area contributed by atoms with Crippen molar-refractivity contribution in [3.63, 3.8) is 0 Å². The quantitative estimate of drug-likeness (QED) is 0.532. The molecule has 1 N–H and O–H groups in total. The van der Waals surface area contributed by atoms with Crippen molar-refractivity contribution in [2.75, 3.05) is 26.8 Å². The molecule has 1 heterocycles. The van der Waals surface area contributed by atoms with Gasteiger partial charge in [0.1, 0.15) is 0 Å². The first-order valence-electron chi connectivity index (χ1n) is 4.92. The number of ether oxygens (including phenoxy) is 1. The zero-order valence-corrected chi connectivity index (χ0v) is 8.94. The van der Waals surface area contributed by atoms with Crippen LogP contribution in [0.2, 0.25) is 0 Å². The summed E-state index contributed by atoms with van der Waals surface area (Å²) in [6.07, 6.45) is 2.31. The summed E-state index contributed by atoms with van der Waals surface area (Å²) >= 11 is 0. The summed E-state index contributed by atoms with van der Waals surface area (Å²) in [5, 5.41) is 11.6. The molecule has 0 aliphatic carbocycles. The van der Waals surface area contributed by atoms with Crippen molar-refractivity contribution in [3.05, 3.63) is 12.7 Å². The Morgan fingerprint density at radius 2 is 2.20 bits per heavy atom. The van der Waals surface area contributed by atoms with Crippen LogP contribution in [-0.2, 0) is 14.4 Å². The van der Waals surface area contributed by atoms with Crippen molar-refractivity contribution >= 4 is 5.97 Å². The Morgan fingerprint density at radius 3 is 2.67 bits per heavy atom. The lowest BCUT2D eigenvalue weighted by Crippen LogP contribution is -2.49. The fourth-order valence-electron chi connectivity index (χ4n) is 1.54. The average molecular weight is 215 g/mol. The van der Waals surface area contributed by atoms with Gasteiger partial charge in [0.25, 0.3) is 0 Å². The number of nitrogens with zero attached hydrogens (tertiary/aromatic N) is 1. The average Bonchev–Trinajstić information content (AvgIpc) is 2.27. The Hall–Kier alpha value is -0.910. The number of carbonyl (C=O) groups is 1. The minimum atomic E-state index is -1.34. The predicted octanol–water partition coefficient (Wildman–Crippen LogP) is 0.104. The number of rotatable bonds is 4. The third kappa shape index (κ3) is 3.02. The number of hydrogen-bond acceptors (Lipinski definition) is 5. The predicted molar refractivity (Wildman–Crippen MR) is 53.9 cm³/mol. The summed E-state index contributed by atoms with van der Waals surface area (Å²) in [5.74, 6) is -0.564. The van der Waals surface area contributed by atoms with Gasteiger partial charge in [-0.3, -0.25) is 4.84 Å². The van der Waals surface area contributed by atoms with Crippen molar-refractivity contribution in [3.8, 4) is 0 Å². The van der Waals surface area contributed by atoms with E-state index in [9.17, 15) is 9.90 Å². The topological polar surface area (TPSA) is 59.0 Å². The van der Waals surface area contributed by atoms with E-state index in [0.29, 0.717) is 32.5 Å². The minimum Gasteiger partial charge on any atom is -0.467 e. The van der Waals surface area contributed by atoms with Crippen LogP contribution in [0.25, 0.3) is 0 Å². The molecule has 1 fully saturated rings. The van der Waals surface area contributed by atoms with Gasteiger partial charge in [-0.05, 0) is 0 Å². The van der Waals surface area contributed by atoms with Gasteiger partial charge < -0.3 is 9.84 Å². The molecule has 5 heteroatoms. The monoisotopic (exact) mass is 215 g/mol. The van der Waals surface area contributed by atoms with E-state index in [1.54, 1.807) is 11.1 Å². The van der Waals surface area contributed by atoms with Crippen molar-refractivity contribution in [2.45, 2.75) is 18.4 Å². The largest absolute Gasteiger partial charge is 0.467 e. The molecule has 0 atom stereocenters. The second kappa shape index (κ2) is 5.25. The first-order chi connectivity index (χ1) is 7.12. The molecule has 15 heavy (non-hydrogen) atoms. The maximum Gasteiger partial charge on any atom is 0.337 e. The fourth-order valence-corrected chi connectivity index (χ4v) is 1.54. The molecule has 0 aromatic rings. The van der Waals surface area contributed by atoms with Crippen molar-refractivity contribution in [2.24, 2.45) is 0 Å². The first kappa shape index (κ1) is 12.2. The number of methoxy groups -OCH3 is 1. The molecule has 1 rings (SSSR count). The summed E-state index contributed by atoms with van der Waals surface area (Å²) in [6.45, 7) is 5.01. The van der Waals surface area contributed by atoms with Gasteiger partial charge >= 0.3 is 5.97 Å². The minimum absolute atomic E-state index is 0.330. The second-order valence-corrected chi connectivity index (χ2v) is 3.54. The molecule has 0 amide bonds. The Bertz CT molecular complexity index is 234. The molecular weight excluding hydrogens is 198 g/mol. The highest BCUT2D eigenvalue weighted by atomic mass is 16.7. The van der Waals surface area contributed by atoms with E-state index >= 15 is 0 Å². The van der Waals surface area contributed by atoms with Crippen molar-refractivity contribution in [1.82, 2.24) is 5.06 Å². The van der Waals surface area contributed by atoms with E-state index in [0.717, 1.165) is 0 Å². The van der Waals surface area contributed by atoms with Crippen LogP contribution < -0.4 is 0 Å². The highest BCUT2D eigenvalue weighted by molar-refractivity contribution is 5.79. The number of hydrogen-bond donors (Lipinski definition) is 1. The van der Waals surface area contributed by atoms with Crippen LogP contribution >= 0.6 is 0 Å². The highest BCUT2D eigenvalue weighted by Crippen LogP contribution is 2.23. The Kier molecular flexibility index (Phi) is 4.26.